The van der Waals surface area contributed by atoms with Gasteiger partial charge in [0.2, 0.25) is 0 Å². The molecule has 1 fully saturated rings. The van der Waals surface area contributed by atoms with Crippen LogP contribution in [0.3, 0.4) is 0 Å². The van der Waals surface area contributed by atoms with E-state index >= 15 is 0 Å². The third-order valence-electron chi connectivity index (χ3n) is 3.93. The number of hydrogen-bond donors (Lipinski definition) is 0. The molecule has 0 aliphatic heterocycles. The van der Waals surface area contributed by atoms with Crippen LogP contribution in [0.1, 0.15) is 43.6 Å². The third-order valence-corrected chi connectivity index (χ3v) is 3.93. The molecule has 3 heteroatoms. The molecule has 0 amide bonds. The Morgan fingerprint density at radius 1 is 1.18 bits per heavy atom. The first kappa shape index (κ1) is 18.4. The van der Waals surface area contributed by atoms with Crippen molar-refractivity contribution in [2.75, 3.05) is 21.1 Å². The van der Waals surface area contributed by atoms with Gasteiger partial charge in [0.1, 0.15) is 5.76 Å². The van der Waals surface area contributed by atoms with Crippen LogP contribution in [0, 0.1) is 5.92 Å². The molecule has 1 aromatic rings. The van der Waals surface area contributed by atoms with Crippen LogP contribution in [-0.4, -0.2) is 32.9 Å². The van der Waals surface area contributed by atoms with Gasteiger partial charge in [-0.15, -0.1) is 0 Å². The van der Waals surface area contributed by atoms with Gasteiger partial charge in [-0.1, -0.05) is 56.2 Å². The summed E-state index contributed by atoms with van der Waals surface area (Å²) in [4.78, 5) is 9.01. The van der Waals surface area contributed by atoms with Gasteiger partial charge in [0, 0.05) is 27.1 Å². The Bertz CT molecular complexity index is 436. The van der Waals surface area contributed by atoms with Gasteiger partial charge >= 0.3 is 0 Å². The number of nitrogens with zero attached hydrogens (tertiary/aromatic N) is 2. The molecule has 22 heavy (non-hydrogen) atoms. The smallest absolute Gasteiger partial charge is 0.125 e. The lowest BCUT2D eigenvalue weighted by molar-refractivity contribution is -0.0833. The summed E-state index contributed by atoms with van der Waals surface area (Å²) in [7, 11) is 5.46. The van der Waals surface area contributed by atoms with E-state index in [4.69, 9.17) is 4.84 Å². The Kier molecular flexibility index (Phi) is 8.53. The van der Waals surface area contributed by atoms with Crippen molar-refractivity contribution in [1.82, 2.24) is 5.06 Å². The molecule has 1 unspecified atom stereocenters. The Balaban J connectivity index is 0.000000745. The van der Waals surface area contributed by atoms with Crippen molar-refractivity contribution >= 4 is 6.72 Å². The maximum absolute atomic E-state index is 5.76. The molecule has 1 saturated carbocycles. The second-order valence-electron chi connectivity index (χ2n) is 5.97. The van der Waals surface area contributed by atoms with Gasteiger partial charge in [0.15, 0.2) is 0 Å². The van der Waals surface area contributed by atoms with Crippen LogP contribution < -0.4 is 0 Å². The van der Waals surface area contributed by atoms with Crippen LogP contribution in [0.2, 0.25) is 0 Å². The maximum atomic E-state index is 5.76. The standard InChI is InChI=1S/C17H25NO.C2H5N/c1-14(19-18(2)3)17(15-10-6-4-7-11-15)16-12-8-5-9-13-16;1-3-2/h4,6-7,10-11,16-17H,1,5,8-9,12-13H2,2-3H3;1H2,2H3. The average molecular weight is 302 g/mol. The highest BCUT2D eigenvalue weighted by Gasteiger charge is 2.28. The van der Waals surface area contributed by atoms with Gasteiger partial charge in [0.25, 0.3) is 0 Å². The predicted octanol–water partition coefficient (Wildman–Crippen LogP) is 4.67. The molecule has 0 bridgehead atoms. The highest BCUT2D eigenvalue weighted by molar-refractivity contribution is 5.26. The zero-order chi connectivity index (χ0) is 16.4. The third kappa shape index (κ3) is 6.02. The van der Waals surface area contributed by atoms with Crippen LogP contribution in [0.25, 0.3) is 0 Å². The van der Waals surface area contributed by atoms with Crippen LogP contribution in [-0.2, 0) is 4.84 Å². The van der Waals surface area contributed by atoms with Crippen LogP contribution in [0.5, 0.6) is 0 Å². The second-order valence-corrected chi connectivity index (χ2v) is 5.97. The minimum atomic E-state index is 0.323. The molecule has 0 aromatic heterocycles. The number of hydrogen-bond acceptors (Lipinski definition) is 3. The van der Waals surface area contributed by atoms with Gasteiger partial charge in [-0.05, 0) is 31.0 Å². The second kappa shape index (κ2) is 10.2. The monoisotopic (exact) mass is 302 g/mol. The van der Waals surface area contributed by atoms with Crippen molar-refractivity contribution in [3.8, 4) is 0 Å². The zero-order valence-corrected chi connectivity index (χ0v) is 14.3. The molecule has 0 radical (unpaired) electrons. The summed E-state index contributed by atoms with van der Waals surface area (Å²) in [6, 6.07) is 10.7. The lowest BCUT2D eigenvalue weighted by Crippen LogP contribution is -2.22. The van der Waals surface area contributed by atoms with E-state index in [-0.39, 0.29) is 0 Å². The molecule has 1 aliphatic carbocycles. The number of aliphatic imine (C=N–C) groups is 1. The highest BCUT2D eigenvalue weighted by Crippen LogP contribution is 2.40. The summed E-state index contributed by atoms with van der Waals surface area (Å²) >= 11 is 0. The fourth-order valence-corrected chi connectivity index (χ4v) is 3.14. The fourth-order valence-electron chi connectivity index (χ4n) is 3.14. The van der Waals surface area contributed by atoms with E-state index in [1.54, 1.807) is 12.1 Å². The molecule has 0 spiro atoms. The summed E-state index contributed by atoms with van der Waals surface area (Å²) in [5, 5.41) is 1.74. The molecular formula is C19H30N2O. The Morgan fingerprint density at radius 2 is 1.73 bits per heavy atom. The molecule has 0 heterocycles. The van der Waals surface area contributed by atoms with Crippen molar-refractivity contribution in [2.45, 2.75) is 38.0 Å². The summed E-state index contributed by atoms with van der Waals surface area (Å²) in [5.74, 6) is 1.87. The van der Waals surface area contributed by atoms with Crippen molar-refractivity contribution < 1.29 is 4.84 Å². The number of rotatable bonds is 5. The summed E-state index contributed by atoms with van der Waals surface area (Å²) in [6.45, 7) is 7.29. The molecule has 122 valence electrons. The van der Waals surface area contributed by atoms with Gasteiger partial charge in [-0.25, -0.2) is 0 Å². The van der Waals surface area contributed by atoms with Gasteiger partial charge < -0.3 is 9.83 Å². The first-order chi connectivity index (χ1) is 10.6. The minimum absolute atomic E-state index is 0.323. The molecular weight excluding hydrogens is 272 g/mol. The van der Waals surface area contributed by atoms with Gasteiger partial charge in [-0.2, -0.15) is 5.06 Å². The molecule has 3 nitrogen and oxygen atoms in total. The Hall–Kier alpha value is -1.61. The average Bonchev–Trinajstić information content (AvgIpc) is 2.50. The van der Waals surface area contributed by atoms with Crippen LogP contribution >= 0.6 is 0 Å². The van der Waals surface area contributed by atoms with E-state index in [0.29, 0.717) is 11.8 Å². The maximum Gasteiger partial charge on any atom is 0.125 e. The van der Waals surface area contributed by atoms with Crippen LogP contribution in [0.4, 0.5) is 0 Å². The van der Waals surface area contributed by atoms with Crippen molar-refractivity contribution in [3.63, 3.8) is 0 Å². The number of allylic oxidation sites excluding steroid dienone is 1. The van der Waals surface area contributed by atoms with Crippen molar-refractivity contribution in [2.24, 2.45) is 10.9 Å². The number of hydroxylamine groups is 2. The zero-order valence-electron chi connectivity index (χ0n) is 14.3. The first-order valence-corrected chi connectivity index (χ1v) is 8.04. The molecule has 1 aromatic carbocycles. The Labute approximate surface area is 135 Å². The van der Waals surface area contributed by atoms with E-state index in [2.05, 4.69) is 48.6 Å². The highest BCUT2D eigenvalue weighted by atomic mass is 16.7. The quantitative estimate of drug-likeness (QED) is 0.448. The lowest BCUT2D eigenvalue weighted by atomic mass is 9.76. The normalized spacial score (nSPS) is 16.4. The summed E-state index contributed by atoms with van der Waals surface area (Å²) < 4.78 is 0. The van der Waals surface area contributed by atoms with E-state index < -0.39 is 0 Å². The van der Waals surface area contributed by atoms with E-state index in [0.717, 1.165) is 5.76 Å². The number of benzene rings is 1. The summed E-state index contributed by atoms with van der Waals surface area (Å²) in [5.41, 5.74) is 1.33. The van der Waals surface area contributed by atoms with Crippen molar-refractivity contribution in [3.05, 3.63) is 48.2 Å². The van der Waals surface area contributed by atoms with Crippen molar-refractivity contribution in [1.29, 1.82) is 0 Å². The Morgan fingerprint density at radius 3 is 2.23 bits per heavy atom. The SMILES string of the molecule is C=C(ON(C)C)C(c1ccccc1)C1CCCCC1.C=NC. The molecule has 1 aliphatic rings. The lowest BCUT2D eigenvalue weighted by Gasteiger charge is -2.32. The largest absolute Gasteiger partial charge is 0.411 e. The summed E-state index contributed by atoms with van der Waals surface area (Å²) in [6.07, 6.45) is 6.62. The molecule has 0 N–H and O–H groups in total. The topological polar surface area (TPSA) is 24.8 Å². The van der Waals surface area contributed by atoms with E-state index in [9.17, 15) is 0 Å². The van der Waals surface area contributed by atoms with Gasteiger partial charge in [0.05, 0.1) is 0 Å². The minimum Gasteiger partial charge on any atom is -0.411 e. The first-order valence-electron chi connectivity index (χ1n) is 8.04. The molecule has 0 saturated heterocycles. The van der Waals surface area contributed by atoms with E-state index in [1.807, 2.05) is 14.1 Å². The fraction of sp³-hybridized carbons (Fsp3) is 0.526. The molecule has 1 atom stereocenters. The molecule has 2 rings (SSSR count). The van der Waals surface area contributed by atoms with E-state index in [1.165, 1.54) is 37.7 Å². The predicted molar refractivity (Wildman–Crippen MR) is 95.1 cm³/mol. The van der Waals surface area contributed by atoms with Gasteiger partial charge in [-0.3, -0.25) is 0 Å². The van der Waals surface area contributed by atoms with Crippen LogP contribution in [0.15, 0.2) is 47.7 Å².